The molecule has 0 N–H and O–H groups in total. The average molecular weight is 380 g/mol. The van der Waals surface area contributed by atoms with Crippen molar-refractivity contribution in [2.45, 2.75) is 19.6 Å². The number of nitrogens with zero attached hydrogens (tertiary/aromatic N) is 2. The first-order valence-electron chi connectivity index (χ1n) is 7.68. The number of hydrogen-bond donors (Lipinski definition) is 0. The third-order valence-corrected chi connectivity index (χ3v) is 4.61. The SMILES string of the molecule is Cc1oc(-c2cccs2)nc1C(=O)N(C)Cc1cccc(C(F)(F)F)c1. The van der Waals surface area contributed by atoms with Gasteiger partial charge in [-0.2, -0.15) is 13.2 Å². The van der Waals surface area contributed by atoms with Crippen molar-refractivity contribution in [3.05, 3.63) is 64.4 Å². The molecule has 0 fully saturated rings. The number of aromatic nitrogens is 1. The lowest BCUT2D eigenvalue weighted by Gasteiger charge is -2.17. The predicted molar refractivity (Wildman–Crippen MR) is 91.8 cm³/mol. The van der Waals surface area contributed by atoms with E-state index in [2.05, 4.69) is 4.98 Å². The van der Waals surface area contributed by atoms with E-state index in [4.69, 9.17) is 4.42 Å². The van der Waals surface area contributed by atoms with Crippen molar-refractivity contribution < 1.29 is 22.4 Å². The Bertz CT molecular complexity index is 917. The topological polar surface area (TPSA) is 46.3 Å². The zero-order valence-corrected chi connectivity index (χ0v) is 14.8. The van der Waals surface area contributed by atoms with E-state index in [9.17, 15) is 18.0 Å². The lowest BCUT2D eigenvalue weighted by molar-refractivity contribution is -0.137. The summed E-state index contributed by atoms with van der Waals surface area (Å²) in [6, 6.07) is 8.59. The highest BCUT2D eigenvalue weighted by molar-refractivity contribution is 7.13. The summed E-state index contributed by atoms with van der Waals surface area (Å²) < 4.78 is 44.0. The number of alkyl halides is 3. The van der Waals surface area contributed by atoms with Crippen LogP contribution in [0.2, 0.25) is 0 Å². The number of halogens is 3. The van der Waals surface area contributed by atoms with Crippen molar-refractivity contribution in [3.63, 3.8) is 0 Å². The number of hydrogen-bond acceptors (Lipinski definition) is 4. The van der Waals surface area contributed by atoms with Gasteiger partial charge in [-0.3, -0.25) is 4.79 Å². The highest BCUT2D eigenvalue weighted by atomic mass is 32.1. The molecule has 1 amide bonds. The Morgan fingerprint density at radius 2 is 2.04 bits per heavy atom. The van der Waals surface area contributed by atoms with Crippen LogP contribution in [0.5, 0.6) is 0 Å². The van der Waals surface area contributed by atoms with Crippen molar-refractivity contribution in [1.82, 2.24) is 9.88 Å². The van der Waals surface area contributed by atoms with Crippen molar-refractivity contribution in [1.29, 1.82) is 0 Å². The molecule has 0 unspecified atom stereocenters. The molecule has 3 aromatic rings. The fourth-order valence-corrected chi connectivity index (χ4v) is 3.12. The molecule has 0 bridgehead atoms. The molecular weight excluding hydrogens is 365 g/mol. The van der Waals surface area contributed by atoms with Crippen LogP contribution in [0.4, 0.5) is 13.2 Å². The van der Waals surface area contributed by atoms with E-state index >= 15 is 0 Å². The first kappa shape index (κ1) is 18.2. The van der Waals surface area contributed by atoms with E-state index < -0.39 is 17.6 Å². The zero-order valence-electron chi connectivity index (χ0n) is 14.0. The van der Waals surface area contributed by atoms with Gasteiger partial charge in [-0.15, -0.1) is 11.3 Å². The van der Waals surface area contributed by atoms with Gasteiger partial charge in [0.15, 0.2) is 5.69 Å². The van der Waals surface area contributed by atoms with Crippen LogP contribution in [-0.4, -0.2) is 22.8 Å². The van der Waals surface area contributed by atoms with Crippen molar-refractivity contribution >= 4 is 17.2 Å². The Morgan fingerprint density at radius 3 is 2.69 bits per heavy atom. The van der Waals surface area contributed by atoms with Crippen LogP contribution in [0.15, 0.2) is 46.2 Å². The molecule has 2 heterocycles. The molecule has 136 valence electrons. The molecule has 0 saturated heterocycles. The van der Waals surface area contributed by atoms with Gasteiger partial charge in [0.2, 0.25) is 5.89 Å². The Hall–Kier alpha value is -2.61. The number of benzene rings is 1. The van der Waals surface area contributed by atoms with Gasteiger partial charge in [-0.1, -0.05) is 18.2 Å². The summed E-state index contributed by atoms with van der Waals surface area (Å²) in [4.78, 5) is 19.0. The molecule has 0 aliphatic carbocycles. The minimum Gasteiger partial charge on any atom is -0.440 e. The molecule has 0 aliphatic rings. The number of thiophene rings is 1. The summed E-state index contributed by atoms with van der Waals surface area (Å²) in [6.45, 7) is 1.67. The summed E-state index contributed by atoms with van der Waals surface area (Å²) >= 11 is 1.44. The van der Waals surface area contributed by atoms with Gasteiger partial charge in [0.05, 0.1) is 10.4 Å². The number of aryl methyl sites for hydroxylation is 1. The molecule has 0 saturated carbocycles. The second kappa shape index (κ2) is 6.95. The summed E-state index contributed by atoms with van der Waals surface area (Å²) in [7, 11) is 1.52. The van der Waals surface area contributed by atoms with E-state index in [0.717, 1.165) is 17.0 Å². The molecule has 2 aromatic heterocycles. The maximum absolute atomic E-state index is 12.8. The maximum Gasteiger partial charge on any atom is 0.416 e. The molecule has 0 aliphatic heterocycles. The van der Waals surface area contributed by atoms with Crippen LogP contribution >= 0.6 is 11.3 Å². The average Bonchev–Trinajstić information content (AvgIpc) is 3.23. The minimum atomic E-state index is -4.42. The smallest absolute Gasteiger partial charge is 0.416 e. The highest BCUT2D eigenvalue weighted by Crippen LogP contribution is 2.30. The highest BCUT2D eigenvalue weighted by Gasteiger charge is 2.30. The molecule has 0 spiro atoms. The van der Waals surface area contributed by atoms with E-state index in [0.29, 0.717) is 17.2 Å². The summed E-state index contributed by atoms with van der Waals surface area (Å²) in [5.41, 5.74) is -0.202. The van der Waals surface area contributed by atoms with Crippen molar-refractivity contribution in [2.75, 3.05) is 7.05 Å². The van der Waals surface area contributed by atoms with Crippen LogP contribution in [0.3, 0.4) is 0 Å². The van der Waals surface area contributed by atoms with E-state index in [1.807, 2.05) is 17.5 Å². The minimum absolute atomic E-state index is 0.0311. The fraction of sp³-hybridized carbons (Fsp3) is 0.222. The monoisotopic (exact) mass is 380 g/mol. The van der Waals surface area contributed by atoms with Crippen molar-refractivity contribution in [3.8, 4) is 10.8 Å². The third-order valence-electron chi connectivity index (χ3n) is 3.75. The molecular formula is C18H15F3N2O2S. The van der Waals surface area contributed by atoms with Gasteiger partial charge >= 0.3 is 6.18 Å². The Kier molecular flexibility index (Phi) is 4.86. The molecule has 26 heavy (non-hydrogen) atoms. The first-order chi connectivity index (χ1) is 12.3. The van der Waals surface area contributed by atoms with E-state index in [-0.39, 0.29) is 12.2 Å². The lowest BCUT2D eigenvalue weighted by atomic mass is 10.1. The Morgan fingerprint density at radius 1 is 1.27 bits per heavy atom. The van der Waals surface area contributed by atoms with Gasteiger partial charge < -0.3 is 9.32 Å². The summed E-state index contributed by atoms with van der Waals surface area (Å²) in [5.74, 6) is 0.314. The fourth-order valence-electron chi connectivity index (χ4n) is 2.47. The summed E-state index contributed by atoms with van der Waals surface area (Å²) in [6.07, 6.45) is -4.42. The molecule has 0 radical (unpaired) electrons. The van der Waals surface area contributed by atoms with Gasteiger partial charge in [-0.25, -0.2) is 4.98 Å². The Labute approximate surface area is 151 Å². The van der Waals surface area contributed by atoms with Gasteiger partial charge in [-0.05, 0) is 36.1 Å². The van der Waals surface area contributed by atoms with Crippen LogP contribution in [0.1, 0.15) is 27.4 Å². The zero-order chi connectivity index (χ0) is 18.9. The van der Waals surface area contributed by atoms with Crippen LogP contribution in [0.25, 0.3) is 10.8 Å². The number of carbonyl (C=O) groups excluding carboxylic acids is 1. The van der Waals surface area contributed by atoms with Crippen LogP contribution in [-0.2, 0) is 12.7 Å². The maximum atomic E-state index is 12.8. The molecule has 3 rings (SSSR count). The third kappa shape index (κ3) is 3.80. The number of carbonyl (C=O) groups is 1. The predicted octanol–water partition coefficient (Wildman–Crippen LogP) is 5.00. The Balaban J connectivity index is 1.79. The number of rotatable bonds is 4. The normalized spacial score (nSPS) is 11.6. The van der Waals surface area contributed by atoms with Gasteiger partial charge in [0.25, 0.3) is 5.91 Å². The standard InChI is InChI=1S/C18H15F3N2O2S/c1-11-15(22-16(25-11)14-7-4-8-26-14)17(24)23(2)10-12-5-3-6-13(9-12)18(19,20)21/h3-9H,10H2,1-2H3. The van der Waals surface area contributed by atoms with Crippen LogP contribution < -0.4 is 0 Å². The van der Waals surface area contributed by atoms with Gasteiger partial charge in [0.1, 0.15) is 5.76 Å². The first-order valence-corrected chi connectivity index (χ1v) is 8.56. The summed E-state index contributed by atoms with van der Waals surface area (Å²) in [5, 5.41) is 1.87. The van der Waals surface area contributed by atoms with E-state index in [1.54, 1.807) is 13.0 Å². The molecule has 4 nitrogen and oxygen atoms in total. The lowest BCUT2D eigenvalue weighted by Crippen LogP contribution is -2.27. The second-order valence-electron chi connectivity index (χ2n) is 5.76. The van der Waals surface area contributed by atoms with Gasteiger partial charge in [0, 0.05) is 13.6 Å². The largest absolute Gasteiger partial charge is 0.440 e. The number of amides is 1. The second-order valence-corrected chi connectivity index (χ2v) is 6.71. The quantitative estimate of drug-likeness (QED) is 0.640. The number of oxazole rings is 1. The van der Waals surface area contributed by atoms with Crippen molar-refractivity contribution in [2.24, 2.45) is 0 Å². The van der Waals surface area contributed by atoms with E-state index in [1.165, 1.54) is 29.4 Å². The molecule has 8 heteroatoms. The molecule has 0 atom stereocenters. The molecule has 1 aromatic carbocycles. The van der Waals surface area contributed by atoms with Crippen LogP contribution in [0, 0.1) is 6.92 Å².